The third kappa shape index (κ3) is 1.53. The van der Waals surface area contributed by atoms with Gasteiger partial charge < -0.3 is 4.98 Å². The van der Waals surface area contributed by atoms with E-state index in [1.807, 2.05) is 36.5 Å². The lowest BCUT2D eigenvalue weighted by atomic mass is 10.1. The fourth-order valence-corrected chi connectivity index (χ4v) is 1.54. The monoisotopic (exact) mass is 182 g/mol. The molecule has 0 atom stereocenters. The van der Waals surface area contributed by atoms with Gasteiger partial charge in [-0.1, -0.05) is 24.3 Å². The quantitative estimate of drug-likeness (QED) is 0.713. The van der Waals surface area contributed by atoms with Gasteiger partial charge in [-0.15, -0.1) is 0 Å². The van der Waals surface area contributed by atoms with Crippen LogP contribution in [0.15, 0.2) is 42.6 Å². The largest absolute Gasteiger partial charge is 0.361 e. The van der Waals surface area contributed by atoms with Gasteiger partial charge in [0.25, 0.3) is 0 Å². The van der Waals surface area contributed by atoms with E-state index < -0.39 is 0 Å². The third-order valence-electron chi connectivity index (χ3n) is 2.21. The molecule has 2 heteroatoms. The van der Waals surface area contributed by atoms with Gasteiger partial charge in [0.1, 0.15) is 0 Å². The lowest BCUT2D eigenvalue weighted by molar-refractivity contribution is 1.28. The van der Waals surface area contributed by atoms with Crippen molar-refractivity contribution < 1.29 is 0 Å². The van der Waals surface area contributed by atoms with E-state index in [1.54, 1.807) is 0 Å². The van der Waals surface area contributed by atoms with Crippen LogP contribution in [-0.4, -0.2) is 4.98 Å². The van der Waals surface area contributed by atoms with Gasteiger partial charge in [-0.2, -0.15) is 5.26 Å². The molecule has 0 unspecified atom stereocenters. The van der Waals surface area contributed by atoms with Gasteiger partial charge in [0.15, 0.2) is 0 Å². The van der Waals surface area contributed by atoms with Crippen molar-refractivity contribution in [2.75, 3.05) is 0 Å². The number of allylic oxidation sites excluding steroid dienone is 2. The number of fused-ring (bicyclic) bond motifs is 1. The van der Waals surface area contributed by atoms with Gasteiger partial charge in [0, 0.05) is 23.2 Å². The zero-order valence-corrected chi connectivity index (χ0v) is 7.70. The van der Waals surface area contributed by atoms with Crippen molar-refractivity contribution in [1.29, 1.82) is 5.26 Å². The van der Waals surface area contributed by atoms with E-state index in [1.165, 1.54) is 17.0 Å². The first-order chi connectivity index (χ1) is 6.92. The molecule has 1 N–H and O–H groups in total. The lowest BCUT2D eigenvalue weighted by Gasteiger charge is -1.92. The molecule has 0 aliphatic carbocycles. The second kappa shape index (κ2) is 3.80. The smallest absolute Gasteiger partial charge is 0.0908 e. The highest BCUT2D eigenvalue weighted by Crippen LogP contribution is 2.17. The third-order valence-corrected chi connectivity index (χ3v) is 2.21. The molecule has 1 aromatic carbocycles. The van der Waals surface area contributed by atoms with Gasteiger partial charge in [0.05, 0.1) is 6.07 Å². The summed E-state index contributed by atoms with van der Waals surface area (Å²) in [6.07, 6.45) is 6.18. The summed E-state index contributed by atoms with van der Waals surface area (Å²) >= 11 is 0. The minimum absolute atomic E-state index is 0.803. The predicted molar refractivity (Wildman–Crippen MR) is 56.8 cm³/mol. The summed E-state index contributed by atoms with van der Waals surface area (Å²) in [5, 5.41) is 9.60. The highest BCUT2D eigenvalue weighted by molar-refractivity contribution is 5.83. The molecular weight excluding hydrogens is 172 g/mol. The van der Waals surface area contributed by atoms with Gasteiger partial charge in [-0.3, -0.25) is 0 Å². The van der Waals surface area contributed by atoms with Crippen molar-refractivity contribution in [1.82, 2.24) is 4.98 Å². The molecule has 0 bridgehead atoms. The van der Waals surface area contributed by atoms with E-state index in [-0.39, 0.29) is 0 Å². The van der Waals surface area contributed by atoms with Crippen LogP contribution in [0.3, 0.4) is 0 Å². The molecule has 2 rings (SSSR count). The Bertz CT molecular complexity index is 500. The summed E-state index contributed by atoms with van der Waals surface area (Å²) in [7, 11) is 0. The molecule has 0 saturated heterocycles. The number of rotatable bonds is 2. The van der Waals surface area contributed by atoms with Crippen molar-refractivity contribution in [2.24, 2.45) is 0 Å². The summed E-state index contributed by atoms with van der Waals surface area (Å²) in [4.78, 5) is 3.20. The number of para-hydroxylation sites is 1. The Balaban J connectivity index is 2.35. The molecule has 2 nitrogen and oxygen atoms in total. The second-order valence-electron chi connectivity index (χ2n) is 3.10. The van der Waals surface area contributed by atoms with Gasteiger partial charge in [-0.05, 0) is 18.1 Å². The van der Waals surface area contributed by atoms with Crippen molar-refractivity contribution >= 4 is 10.9 Å². The van der Waals surface area contributed by atoms with Crippen LogP contribution in [0.2, 0.25) is 0 Å². The number of nitrogens with one attached hydrogen (secondary N) is 1. The molecule has 1 aromatic heterocycles. The van der Waals surface area contributed by atoms with Crippen LogP contribution in [0.25, 0.3) is 10.9 Å². The minimum Gasteiger partial charge on any atom is -0.361 e. The Morgan fingerprint density at radius 3 is 3.07 bits per heavy atom. The van der Waals surface area contributed by atoms with E-state index in [0.29, 0.717) is 0 Å². The van der Waals surface area contributed by atoms with Crippen LogP contribution in [0.4, 0.5) is 0 Å². The fraction of sp³-hybridized carbons (Fsp3) is 0.0833. The summed E-state index contributed by atoms with van der Waals surface area (Å²) in [5.74, 6) is 0. The molecule has 1 heterocycles. The molecule has 0 fully saturated rings. The van der Waals surface area contributed by atoms with E-state index >= 15 is 0 Å². The Hall–Kier alpha value is -2.01. The van der Waals surface area contributed by atoms with Gasteiger partial charge >= 0.3 is 0 Å². The number of H-pyrrole nitrogens is 1. The lowest BCUT2D eigenvalue weighted by Crippen LogP contribution is -1.76. The number of aromatic nitrogens is 1. The van der Waals surface area contributed by atoms with Crippen LogP contribution in [0, 0.1) is 11.3 Å². The number of nitriles is 1. The fourth-order valence-electron chi connectivity index (χ4n) is 1.54. The Labute approximate surface area is 82.5 Å². The molecule has 0 aliphatic heterocycles. The van der Waals surface area contributed by atoms with E-state index in [9.17, 15) is 0 Å². The average Bonchev–Trinajstić information content (AvgIpc) is 2.63. The highest BCUT2D eigenvalue weighted by Gasteiger charge is 1.99. The number of aromatic amines is 1. The van der Waals surface area contributed by atoms with Crippen LogP contribution in [0.5, 0.6) is 0 Å². The van der Waals surface area contributed by atoms with Crippen molar-refractivity contribution in [3.63, 3.8) is 0 Å². The molecule has 2 aromatic rings. The maximum absolute atomic E-state index is 8.36. The molecule has 14 heavy (non-hydrogen) atoms. The Morgan fingerprint density at radius 2 is 2.21 bits per heavy atom. The van der Waals surface area contributed by atoms with Gasteiger partial charge in [-0.25, -0.2) is 0 Å². The second-order valence-corrected chi connectivity index (χ2v) is 3.10. The first kappa shape index (κ1) is 8.58. The van der Waals surface area contributed by atoms with Crippen molar-refractivity contribution in [2.45, 2.75) is 6.42 Å². The molecule has 0 saturated carbocycles. The molecule has 0 amide bonds. The summed E-state index contributed by atoms with van der Waals surface area (Å²) in [6, 6.07) is 10.1. The topological polar surface area (TPSA) is 39.6 Å². The first-order valence-electron chi connectivity index (χ1n) is 4.51. The molecule has 0 aliphatic rings. The molecular formula is C12H10N2. The maximum Gasteiger partial charge on any atom is 0.0908 e. The van der Waals surface area contributed by atoms with Crippen LogP contribution >= 0.6 is 0 Å². The molecule has 68 valence electrons. The zero-order chi connectivity index (χ0) is 9.80. The zero-order valence-electron chi connectivity index (χ0n) is 7.70. The van der Waals surface area contributed by atoms with E-state index in [4.69, 9.17) is 5.26 Å². The summed E-state index contributed by atoms with van der Waals surface area (Å²) in [6.45, 7) is 0. The van der Waals surface area contributed by atoms with Crippen LogP contribution < -0.4 is 0 Å². The predicted octanol–water partition coefficient (Wildman–Crippen LogP) is 2.79. The van der Waals surface area contributed by atoms with Crippen molar-refractivity contribution in [3.8, 4) is 6.07 Å². The minimum atomic E-state index is 0.803. The SMILES string of the molecule is N#C/C=C\Cc1c[nH]c2ccccc12. The normalized spacial score (nSPS) is 10.8. The molecule has 0 radical (unpaired) electrons. The molecule has 0 spiro atoms. The Morgan fingerprint density at radius 1 is 1.36 bits per heavy atom. The van der Waals surface area contributed by atoms with Crippen LogP contribution in [0.1, 0.15) is 5.56 Å². The van der Waals surface area contributed by atoms with E-state index in [2.05, 4.69) is 11.1 Å². The highest BCUT2D eigenvalue weighted by atomic mass is 14.7. The standard InChI is InChI=1S/C12H10N2/c13-8-4-3-5-10-9-14-12-7-2-1-6-11(10)12/h1-4,6-7,9,14H,5H2/b4-3-. The number of hydrogen-bond donors (Lipinski definition) is 1. The number of benzene rings is 1. The maximum atomic E-state index is 8.36. The average molecular weight is 182 g/mol. The summed E-state index contributed by atoms with van der Waals surface area (Å²) < 4.78 is 0. The first-order valence-corrected chi connectivity index (χ1v) is 4.51. The van der Waals surface area contributed by atoms with E-state index in [0.717, 1.165) is 11.9 Å². The number of hydrogen-bond acceptors (Lipinski definition) is 1. The summed E-state index contributed by atoms with van der Waals surface area (Å²) in [5.41, 5.74) is 2.37. The van der Waals surface area contributed by atoms with Crippen LogP contribution in [-0.2, 0) is 6.42 Å². The van der Waals surface area contributed by atoms with Gasteiger partial charge in [0.2, 0.25) is 0 Å². The van der Waals surface area contributed by atoms with Crippen molar-refractivity contribution in [3.05, 3.63) is 48.2 Å². The Kier molecular flexibility index (Phi) is 2.33. The number of nitrogens with zero attached hydrogens (tertiary/aromatic N) is 1.